The Labute approximate surface area is 153 Å². The number of piperazine rings is 1. The number of amides is 1. The lowest BCUT2D eigenvalue weighted by Gasteiger charge is -2.36. The van der Waals surface area contributed by atoms with Crippen LogP contribution in [0.25, 0.3) is 0 Å². The van der Waals surface area contributed by atoms with Gasteiger partial charge < -0.3 is 14.7 Å². The van der Waals surface area contributed by atoms with Gasteiger partial charge in [0.2, 0.25) is 0 Å². The van der Waals surface area contributed by atoms with E-state index in [1.165, 1.54) is 12.1 Å². The number of rotatable bonds is 3. The maximum absolute atomic E-state index is 13.1. The van der Waals surface area contributed by atoms with Crippen molar-refractivity contribution in [3.05, 3.63) is 54.0 Å². The first-order valence-corrected chi connectivity index (χ1v) is 9.22. The maximum Gasteiger partial charge on any atom is 0.257 e. The molecule has 0 radical (unpaired) electrons. The number of carbonyl (C=O) groups is 1. The number of carbonyl (C=O) groups excluding carboxylic acids is 1. The average molecular weight is 354 g/mol. The summed E-state index contributed by atoms with van der Waals surface area (Å²) in [6.07, 6.45) is 4.07. The fourth-order valence-corrected chi connectivity index (χ4v) is 3.73. The SMILES string of the molecule is O=C(c1cccnc1N1CCCC1)N1CCN(c2ccc(F)cc2)CC1. The predicted octanol–water partition coefficient (Wildman–Crippen LogP) is 2.78. The van der Waals surface area contributed by atoms with Gasteiger partial charge in [0.1, 0.15) is 11.6 Å². The van der Waals surface area contributed by atoms with Crippen molar-refractivity contribution in [3.63, 3.8) is 0 Å². The molecule has 2 fully saturated rings. The molecule has 0 atom stereocenters. The molecule has 2 saturated heterocycles. The van der Waals surface area contributed by atoms with E-state index in [-0.39, 0.29) is 11.7 Å². The lowest BCUT2D eigenvalue weighted by Crippen LogP contribution is -2.49. The topological polar surface area (TPSA) is 39.7 Å². The predicted molar refractivity (Wildman–Crippen MR) is 100 cm³/mol. The van der Waals surface area contributed by atoms with Gasteiger partial charge in [-0.25, -0.2) is 9.37 Å². The monoisotopic (exact) mass is 354 g/mol. The molecule has 136 valence electrons. The fraction of sp³-hybridized carbons (Fsp3) is 0.400. The molecular weight excluding hydrogens is 331 g/mol. The van der Waals surface area contributed by atoms with Gasteiger partial charge in [0, 0.05) is 51.2 Å². The number of pyridine rings is 1. The molecule has 2 aliphatic heterocycles. The van der Waals surface area contributed by atoms with Crippen LogP contribution in [0.4, 0.5) is 15.9 Å². The van der Waals surface area contributed by atoms with Crippen LogP contribution in [0.3, 0.4) is 0 Å². The van der Waals surface area contributed by atoms with Crippen molar-refractivity contribution >= 4 is 17.4 Å². The fourth-order valence-electron chi connectivity index (χ4n) is 3.73. The quantitative estimate of drug-likeness (QED) is 0.850. The molecule has 6 heteroatoms. The van der Waals surface area contributed by atoms with Gasteiger partial charge in [-0.2, -0.15) is 0 Å². The third-order valence-corrected chi connectivity index (χ3v) is 5.18. The summed E-state index contributed by atoms with van der Waals surface area (Å²) >= 11 is 0. The third-order valence-electron chi connectivity index (χ3n) is 5.18. The molecule has 1 amide bonds. The van der Waals surface area contributed by atoms with Gasteiger partial charge in [-0.05, 0) is 49.2 Å². The minimum atomic E-state index is -0.228. The molecule has 1 aromatic heterocycles. The number of hydrogen-bond acceptors (Lipinski definition) is 4. The van der Waals surface area contributed by atoms with Crippen LogP contribution in [-0.2, 0) is 0 Å². The second kappa shape index (κ2) is 7.32. The molecule has 0 bridgehead atoms. The Balaban J connectivity index is 1.45. The highest BCUT2D eigenvalue weighted by atomic mass is 19.1. The van der Waals surface area contributed by atoms with E-state index in [4.69, 9.17) is 0 Å². The number of benzene rings is 1. The molecule has 4 rings (SSSR count). The first-order chi connectivity index (χ1) is 12.7. The molecule has 0 aliphatic carbocycles. The van der Waals surface area contributed by atoms with Crippen molar-refractivity contribution in [2.75, 3.05) is 49.1 Å². The highest BCUT2D eigenvalue weighted by molar-refractivity contribution is 5.99. The van der Waals surface area contributed by atoms with Crippen molar-refractivity contribution < 1.29 is 9.18 Å². The van der Waals surface area contributed by atoms with Gasteiger partial charge >= 0.3 is 0 Å². The van der Waals surface area contributed by atoms with Gasteiger partial charge in [-0.1, -0.05) is 0 Å². The molecule has 0 saturated carbocycles. The van der Waals surface area contributed by atoms with Crippen molar-refractivity contribution in [1.29, 1.82) is 0 Å². The first-order valence-electron chi connectivity index (χ1n) is 9.22. The van der Waals surface area contributed by atoms with Crippen molar-refractivity contribution in [2.24, 2.45) is 0 Å². The number of hydrogen-bond donors (Lipinski definition) is 0. The van der Waals surface area contributed by atoms with E-state index in [0.29, 0.717) is 18.7 Å². The van der Waals surface area contributed by atoms with Gasteiger partial charge in [-0.15, -0.1) is 0 Å². The van der Waals surface area contributed by atoms with Crippen LogP contribution in [0.15, 0.2) is 42.6 Å². The summed E-state index contributed by atoms with van der Waals surface area (Å²) in [5, 5.41) is 0. The summed E-state index contributed by atoms with van der Waals surface area (Å²) in [7, 11) is 0. The lowest BCUT2D eigenvalue weighted by atomic mass is 10.2. The van der Waals surface area contributed by atoms with E-state index < -0.39 is 0 Å². The molecule has 0 spiro atoms. The van der Waals surface area contributed by atoms with Gasteiger partial charge in [0.15, 0.2) is 0 Å². The van der Waals surface area contributed by atoms with Crippen LogP contribution >= 0.6 is 0 Å². The maximum atomic E-state index is 13.1. The molecule has 3 heterocycles. The van der Waals surface area contributed by atoms with Crippen LogP contribution in [0.2, 0.25) is 0 Å². The summed E-state index contributed by atoms with van der Waals surface area (Å²) in [6, 6.07) is 10.3. The van der Waals surface area contributed by atoms with Gasteiger partial charge in [0.05, 0.1) is 5.56 Å². The van der Waals surface area contributed by atoms with Crippen LogP contribution in [0, 0.1) is 5.82 Å². The Morgan fingerprint density at radius 3 is 2.27 bits per heavy atom. The Kier molecular flexibility index (Phi) is 4.73. The van der Waals surface area contributed by atoms with E-state index in [0.717, 1.165) is 50.5 Å². The van der Waals surface area contributed by atoms with Crippen molar-refractivity contribution in [1.82, 2.24) is 9.88 Å². The Bertz CT molecular complexity index is 766. The van der Waals surface area contributed by atoms with Crippen LogP contribution in [0.5, 0.6) is 0 Å². The van der Waals surface area contributed by atoms with E-state index in [9.17, 15) is 9.18 Å². The largest absolute Gasteiger partial charge is 0.368 e. The van der Waals surface area contributed by atoms with Crippen LogP contribution in [0.1, 0.15) is 23.2 Å². The molecule has 5 nitrogen and oxygen atoms in total. The second-order valence-corrected chi connectivity index (χ2v) is 6.82. The normalized spacial score (nSPS) is 17.7. The van der Waals surface area contributed by atoms with E-state index >= 15 is 0 Å². The Morgan fingerprint density at radius 1 is 0.885 bits per heavy atom. The summed E-state index contributed by atoms with van der Waals surface area (Å²) in [4.78, 5) is 23.8. The number of nitrogens with zero attached hydrogens (tertiary/aromatic N) is 4. The molecule has 0 unspecified atom stereocenters. The highest BCUT2D eigenvalue weighted by Crippen LogP contribution is 2.24. The van der Waals surface area contributed by atoms with E-state index in [1.54, 1.807) is 18.3 Å². The zero-order valence-corrected chi connectivity index (χ0v) is 14.8. The highest BCUT2D eigenvalue weighted by Gasteiger charge is 2.26. The Hall–Kier alpha value is -2.63. The smallest absolute Gasteiger partial charge is 0.257 e. The third kappa shape index (κ3) is 3.36. The summed E-state index contributed by atoms with van der Waals surface area (Å²) in [5.41, 5.74) is 1.70. The first kappa shape index (κ1) is 16.8. The van der Waals surface area contributed by atoms with Gasteiger partial charge in [-0.3, -0.25) is 4.79 Å². The number of anilines is 2. The van der Waals surface area contributed by atoms with Crippen molar-refractivity contribution in [3.8, 4) is 0 Å². The zero-order chi connectivity index (χ0) is 17.9. The second-order valence-electron chi connectivity index (χ2n) is 6.82. The van der Waals surface area contributed by atoms with E-state index in [2.05, 4.69) is 14.8 Å². The van der Waals surface area contributed by atoms with Gasteiger partial charge in [0.25, 0.3) is 5.91 Å². The number of aromatic nitrogens is 1. The minimum absolute atomic E-state index is 0.0544. The standard InChI is InChI=1S/C20H23FN4O/c21-16-5-7-17(8-6-16)23-12-14-25(15-13-23)20(26)18-4-3-9-22-19(18)24-10-1-2-11-24/h3-9H,1-2,10-15H2. The van der Waals surface area contributed by atoms with Crippen LogP contribution < -0.4 is 9.80 Å². The molecule has 2 aliphatic rings. The Morgan fingerprint density at radius 2 is 1.58 bits per heavy atom. The summed E-state index contributed by atoms with van der Waals surface area (Å²) in [5.74, 6) is 0.642. The van der Waals surface area contributed by atoms with Crippen molar-refractivity contribution in [2.45, 2.75) is 12.8 Å². The van der Waals surface area contributed by atoms with E-state index in [1.807, 2.05) is 17.0 Å². The molecule has 1 aromatic carbocycles. The van der Waals surface area contributed by atoms with Crippen LogP contribution in [-0.4, -0.2) is 55.1 Å². The number of halogens is 1. The molecule has 0 N–H and O–H groups in total. The molecule has 26 heavy (non-hydrogen) atoms. The summed E-state index contributed by atoms with van der Waals surface area (Å²) < 4.78 is 13.1. The average Bonchev–Trinajstić information content (AvgIpc) is 3.23. The minimum Gasteiger partial charge on any atom is -0.368 e. The molecule has 2 aromatic rings. The zero-order valence-electron chi connectivity index (χ0n) is 14.8. The molecular formula is C20H23FN4O. The lowest BCUT2D eigenvalue weighted by molar-refractivity contribution is 0.0747. The summed E-state index contributed by atoms with van der Waals surface area (Å²) in [6.45, 7) is 4.74.